The van der Waals surface area contributed by atoms with Gasteiger partial charge in [-0.3, -0.25) is 4.79 Å². The quantitative estimate of drug-likeness (QED) is 0.474. The number of halogens is 1. The first-order valence-electron chi connectivity index (χ1n) is 3.88. The summed E-state index contributed by atoms with van der Waals surface area (Å²) in [5.41, 5.74) is 0.730. The van der Waals surface area contributed by atoms with Crippen molar-refractivity contribution < 1.29 is 14.6 Å². The zero-order valence-corrected chi connectivity index (χ0v) is 8.28. The van der Waals surface area contributed by atoms with Crippen LogP contribution >= 0.6 is 11.6 Å². The minimum absolute atomic E-state index is 0.0670. The van der Waals surface area contributed by atoms with Crippen LogP contribution in [0.2, 0.25) is 0 Å². The number of ether oxygens (including phenoxy) is 1. The molecule has 1 rings (SSSR count). The van der Waals surface area contributed by atoms with E-state index < -0.39 is 5.24 Å². The molecule has 0 aromatic heterocycles. The van der Waals surface area contributed by atoms with E-state index in [2.05, 4.69) is 0 Å². The van der Waals surface area contributed by atoms with Gasteiger partial charge in [-0.25, -0.2) is 0 Å². The molecule has 1 aromatic rings. The number of phenolic OH excluding ortho intramolecular Hbond substituents is 1. The molecule has 14 heavy (non-hydrogen) atoms. The van der Waals surface area contributed by atoms with Crippen LogP contribution in [-0.4, -0.2) is 17.5 Å². The molecule has 0 bridgehead atoms. The van der Waals surface area contributed by atoms with Crippen LogP contribution in [-0.2, 0) is 9.53 Å². The number of allylic oxidation sites excluding steroid dienone is 1. The summed E-state index contributed by atoms with van der Waals surface area (Å²) in [6, 6.07) is 6.32. The molecular weight excluding hydrogens is 204 g/mol. The number of aromatic hydroxyl groups is 1. The van der Waals surface area contributed by atoms with Crippen molar-refractivity contribution in [3.63, 3.8) is 0 Å². The van der Waals surface area contributed by atoms with Gasteiger partial charge in [0.05, 0.1) is 7.11 Å². The maximum absolute atomic E-state index is 10.8. The second-order valence-electron chi connectivity index (χ2n) is 2.58. The standard InChI is InChI=1S/C10H9ClO3/c1-14-9(10(11)13)6-7-2-4-8(12)5-3-7/h2-6,12H,1H3. The van der Waals surface area contributed by atoms with Crippen molar-refractivity contribution in [2.45, 2.75) is 0 Å². The number of carbonyl (C=O) groups is 1. The molecule has 0 spiro atoms. The van der Waals surface area contributed by atoms with Gasteiger partial charge in [-0.15, -0.1) is 0 Å². The van der Waals surface area contributed by atoms with E-state index in [0.717, 1.165) is 5.56 Å². The summed E-state index contributed by atoms with van der Waals surface area (Å²) in [7, 11) is 1.37. The highest BCUT2D eigenvalue weighted by Crippen LogP contribution is 2.14. The number of methoxy groups -OCH3 is 1. The maximum atomic E-state index is 10.8. The van der Waals surface area contributed by atoms with Gasteiger partial charge < -0.3 is 9.84 Å². The minimum atomic E-state index is -0.652. The Morgan fingerprint density at radius 3 is 2.43 bits per heavy atom. The first-order valence-corrected chi connectivity index (χ1v) is 4.26. The molecule has 4 heteroatoms. The lowest BCUT2D eigenvalue weighted by Crippen LogP contribution is -1.95. The van der Waals surface area contributed by atoms with E-state index in [0.29, 0.717) is 0 Å². The third kappa shape index (κ3) is 2.78. The smallest absolute Gasteiger partial charge is 0.287 e. The molecule has 0 heterocycles. The Morgan fingerprint density at radius 1 is 1.43 bits per heavy atom. The second-order valence-corrected chi connectivity index (χ2v) is 2.92. The molecule has 0 aliphatic carbocycles. The van der Waals surface area contributed by atoms with Crippen LogP contribution < -0.4 is 0 Å². The molecule has 0 unspecified atom stereocenters. The lowest BCUT2D eigenvalue weighted by Gasteiger charge is -2.00. The zero-order valence-electron chi connectivity index (χ0n) is 7.53. The first kappa shape index (κ1) is 10.6. The van der Waals surface area contributed by atoms with E-state index in [1.807, 2.05) is 0 Å². The number of phenols is 1. The van der Waals surface area contributed by atoms with Crippen LogP contribution in [0.3, 0.4) is 0 Å². The van der Waals surface area contributed by atoms with Gasteiger partial charge in [0, 0.05) is 0 Å². The zero-order chi connectivity index (χ0) is 10.6. The molecule has 0 radical (unpaired) electrons. The molecule has 0 saturated carbocycles. The summed E-state index contributed by atoms with van der Waals surface area (Å²) in [6.07, 6.45) is 1.49. The predicted molar refractivity (Wildman–Crippen MR) is 54.0 cm³/mol. The molecule has 0 fully saturated rings. The van der Waals surface area contributed by atoms with Gasteiger partial charge in [-0.1, -0.05) is 12.1 Å². The van der Waals surface area contributed by atoms with E-state index in [9.17, 15) is 4.79 Å². The van der Waals surface area contributed by atoms with Crippen molar-refractivity contribution >= 4 is 22.9 Å². The van der Waals surface area contributed by atoms with Crippen molar-refractivity contribution in [1.82, 2.24) is 0 Å². The summed E-state index contributed by atoms with van der Waals surface area (Å²) < 4.78 is 4.76. The number of carbonyl (C=O) groups excluding carboxylic acids is 1. The van der Waals surface area contributed by atoms with Crippen molar-refractivity contribution in [3.05, 3.63) is 35.6 Å². The molecule has 1 N–H and O–H groups in total. The molecule has 0 amide bonds. The topological polar surface area (TPSA) is 46.5 Å². The molecule has 3 nitrogen and oxygen atoms in total. The third-order valence-corrected chi connectivity index (χ3v) is 1.79. The first-order chi connectivity index (χ1) is 6.63. The predicted octanol–water partition coefficient (Wildman–Crippen LogP) is 2.14. The fourth-order valence-electron chi connectivity index (χ4n) is 0.918. The Hall–Kier alpha value is -1.48. The lowest BCUT2D eigenvalue weighted by molar-refractivity contribution is -0.111. The van der Waals surface area contributed by atoms with Gasteiger partial charge in [0.2, 0.25) is 0 Å². The van der Waals surface area contributed by atoms with Crippen LogP contribution in [0.25, 0.3) is 6.08 Å². The maximum Gasteiger partial charge on any atom is 0.287 e. The summed E-state index contributed by atoms with van der Waals surface area (Å²) in [6.45, 7) is 0. The van der Waals surface area contributed by atoms with Crippen LogP contribution in [0.4, 0.5) is 0 Å². The van der Waals surface area contributed by atoms with E-state index >= 15 is 0 Å². The van der Waals surface area contributed by atoms with E-state index in [-0.39, 0.29) is 11.5 Å². The average molecular weight is 213 g/mol. The van der Waals surface area contributed by atoms with Crippen LogP contribution in [0.15, 0.2) is 30.0 Å². The van der Waals surface area contributed by atoms with Gasteiger partial charge in [0.15, 0.2) is 5.76 Å². The second kappa shape index (κ2) is 4.67. The minimum Gasteiger partial charge on any atom is -0.508 e. The highest BCUT2D eigenvalue weighted by Gasteiger charge is 2.05. The van der Waals surface area contributed by atoms with Crippen LogP contribution in [0.1, 0.15) is 5.56 Å². The van der Waals surface area contributed by atoms with E-state index in [1.165, 1.54) is 25.3 Å². The van der Waals surface area contributed by atoms with Crippen LogP contribution in [0.5, 0.6) is 5.75 Å². The van der Waals surface area contributed by atoms with Gasteiger partial charge in [-0.05, 0) is 35.4 Å². The summed E-state index contributed by atoms with van der Waals surface area (Å²) in [5, 5.41) is 8.36. The monoisotopic (exact) mass is 212 g/mol. The molecular formula is C10H9ClO3. The molecule has 0 aliphatic heterocycles. The molecule has 0 aliphatic rings. The molecule has 1 aromatic carbocycles. The fraction of sp³-hybridized carbons (Fsp3) is 0.100. The molecule has 0 atom stereocenters. The normalized spacial score (nSPS) is 11.1. The Morgan fingerprint density at radius 2 is 2.00 bits per heavy atom. The van der Waals surface area contributed by atoms with Crippen molar-refractivity contribution in [2.24, 2.45) is 0 Å². The van der Waals surface area contributed by atoms with E-state index in [4.69, 9.17) is 21.4 Å². The Kier molecular flexibility index (Phi) is 3.54. The molecule has 74 valence electrons. The summed E-state index contributed by atoms with van der Waals surface area (Å²) in [5.74, 6) is 0.232. The van der Waals surface area contributed by atoms with Crippen molar-refractivity contribution in [1.29, 1.82) is 0 Å². The number of rotatable bonds is 3. The average Bonchev–Trinajstić information content (AvgIpc) is 2.16. The Labute approximate surface area is 86.6 Å². The highest BCUT2D eigenvalue weighted by molar-refractivity contribution is 6.67. The van der Waals surface area contributed by atoms with E-state index in [1.54, 1.807) is 12.1 Å². The summed E-state index contributed by atoms with van der Waals surface area (Å²) in [4.78, 5) is 10.8. The SMILES string of the molecule is COC(=Cc1ccc(O)cc1)C(=O)Cl. The highest BCUT2D eigenvalue weighted by atomic mass is 35.5. The number of hydrogen-bond acceptors (Lipinski definition) is 3. The van der Waals surface area contributed by atoms with Gasteiger partial charge in [-0.2, -0.15) is 0 Å². The number of hydrogen-bond donors (Lipinski definition) is 1. The largest absolute Gasteiger partial charge is 0.508 e. The van der Waals surface area contributed by atoms with Gasteiger partial charge in [0.1, 0.15) is 5.75 Å². The Balaban J connectivity index is 2.95. The number of benzene rings is 1. The Bertz CT molecular complexity index is 354. The fourth-order valence-corrected chi connectivity index (χ4v) is 1.05. The summed E-state index contributed by atoms with van der Waals surface area (Å²) >= 11 is 5.24. The van der Waals surface area contributed by atoms with Crippen molar-refractivity contribution in [3.8, 4) is 5.75 Å². The molecule has 0 saturated heterocycles. The van der Waals surface area contributed by atoms with Gasteiger partial charge >= 0.3 is 0 Å². The van der Waals surface area contributed by atoms with Crippen molar-refractivity contribution in [2.75, 3.05) is 7.11 Å². The third-order valence-electron chi connectivity index (χ3n) is 1.60. The van der Waals surface area contributed by atoms with Crippen LogP contribution in [0, 0.1) is 0 Å². The lowest BCUT2D eigenvalue weighted by atomic mass is 10.2. The van der Waals surface area contributed by atoms with Gasteiger partial charge in [0.25, 0.3) is 5.24 Å².